The number of nitrogens with one attached hydrogen (secondary N) is 1. The van der Waals surface area contributed by atoms with Crippen molar-refractivity contribution in [1.29, 1.82) is 0 Å². The maximum Gasteiger partial charge on any atom is 0.410 e. The highest BCUT2D eigenvalue weighted by atomic mass is 16.6. The smallest absolute Gasteiger partial charge is 0.410 e. The van der Waals surface area contributed by atoms with Crippen molar-refractivity contribution in [3.63, 3.8) is 0 Å². The zero-order valence-corrected chi connectivity index (χ0v) is 19.4. The molecule has 7 heteroatoms. The number of alkyl carbamates (subject to hydrolysis) is 1. The summed E-state index contributed by atoms with van der Waals surface area (Å²) in [6.07, 6.45) is -0.388. The molecule has 0 radical (unpaired) electrons. The first-order valence-electron chi connectivity index (χ1n) is 11.5. The molecule has 7 nitrogen and oxygen atoms in total. The van der Waals surface area contributed by atoms with Gasteiger partial charge in [0.2, 0.25) is 0 Å². The first-order valence-corrected chi connectivity index (χ1v) is 11.5. The van der Waals surface area contributed by atoms with Crippen molar-refractivity contribution in [1.82, 2.24) is 10.2 Å². The molecule has 2 unspecified atom stereocenters. The second kappa shape index (κ2) is 9.43. The molecule has 1 aliphatic heterocycles. The molecule has 2 aromatic carbocycles. The van der Waals surface area contributed by atoms with Crippen molar-refractivity contribution >= 4 is 12.2 Å². The van der Waals surface area contributed by atoms with E-state index in [0.29, 0.717) is 19.5 Å². The van der Waals surface area contributed by atoms with E-state index in [9.17, 15) is 14.7 Å². The fourth-order valence-electron chi connectivity index (χ4n) is 4.69. The van der Waals surface area contributed by atoms with E-state index in [1.807, 2.05) is 45.0 Å². The van der Waals surface area contributed by atoms with Crippen molar-refractivity contribution in [2.24, 2.45) is 5.92 Å². The molecule has 1 fully saturated rings. The summed E-state index contributed by atoms with van der Waals surface area (Å²) in [6.45, 7) is 6.31. The van der Waals surface area contributed by atoms with Crippen molar-refractivity contribution in [2.75, 3.05) is 26.3 Å². The van der Waals surface area contributed by atoms with Gasteiger partial charge < -0.3 is 24.8 Å². The molecular weight excluding hydrogens is 420 g/mol. The average Bonchev–Trinajstić information content (AvgIpc) is 3.10. The van der Waals surface area contributed by atoms with Gasteiger partial charge in [-0.15, -0.1) is 0 Å². The van der Waals surface area contributed by atoms with Crippen molar-refractivity contribution in [3.05, 3.63) is 59.7 Å². The summed E-state index contributed by atoms with van der Waals surface area (Å²) < 4.78 is 11.1. The second-order valence-corrected chi connectivity index (χ2v) is 9.73. The largest absolute Gasteiger partial charge is 0.449 e. The SMILES string of the molecule is CC(C)(C)OC(=O)N1CCC(NC(=O)OCC2c3ccccc3-c3ccccc32)C(CO)C1. The van der Waals surface area contributed by atoms with E-state index >= 15 is 0 Å². The molecule has 1 aliphatic carbocycles. The number of likely N-dealkylation sites (tertiary alicyclic amines) is 1. The summed E-state index contributed by atoms with van der Waals surface area (Å²) in [4.78, 5) is 26.6. The van der Waals surface area contributed by atoms with Gasteiger partial charge in [-0.2, -0.15) is 0 Å². The van der Waals surface area contributed by atoms with Crippen molar-refractivity contribution < 1.29 is 24.2 Å². The summed E-state index contributed by atoms with van der Waals surface area (Å²) >= 11 is 0. The molecular formula is C26H32N2O5. The second-order valence-electron chi connectivity index (χ2n) is 9.73. The quantitative estimate of drug-likeness (QED) is 0.728. The number of carbonyl (C=O) groups is 2. The Hall–Kier alpha value is -3.06. The molecule has 0 saturated carbocycles. The van der Waals surface area contributed by atoms with E-state index in [-0.39, 0.29) is 31.1 Å². The van der Waals surface area contributed by atoms with Crippen LogP contribution in [0.25, 0.3) is 11.1 Å². The summed E-state index contributed by atoms with van der Waals surface area (Å²) in [7, 11) is 0. The van der Waals surface area contributed by atoms with E-state index in [0.717, 1.165) is 11.1 Å². The zero-order valence-electron chi connectivity index (χ0n) is 19.4. The highest BCUT2D eigenvalue weighted by Gasteiger charge is 2.35. The fourth-order valence-corrected chi connectivity index (χ4v) is 4.69. The molecule has 2 aromatic rings. The van der Waals surface area contributed by atoms with Gasteiger partial charge in [-0.25, -0.2) is 9.59 Å². The van der Waals surface area contributed by atoms with E-state index in [4.69, 9.17) is 9.47 Å². The third-order valence-electron chi connectivity index (χ3n) is 6.27. The number of aliphatic hydroxyl groups is 1. The van der Waals surface area contributed by atoms with Gasteiger partial charge in [0, 0.05) is 37.6 Å². The Bertz CT molecular complexity index is 970. The van der Waals surface area contributed by atoms with E-state index in [2.05, 4.69) is 29.6 Å². The lowest BCUT2D eigenvalue weighted by molar-refractivity contribution is 0.00840. The van der Waals surface area contributed by atoms with Gasteiger partial charge in [0.25, 0.3) is 0 Å². The van der Waals surface area contributed by atoms with Gasteiger partial charge in [0.1, 0.15) is 12.2 Å². The molecule has 2 N–H and O–H groups in total. The molecule has 1 saturated heterocycles. The predicted octanol–water partition coefficient (Wildman–Crippen LogP) is 4.14. The van der Waals surface area contributed by atoms with Crippen molar-refractivity contribution in [3.8, 4) is 11.1 Å². The van der Waals surface area contributed by atoms with Crippen LogP contribution in [0.3, 0.4) is 0 Å². The molecule has 176 valence electrons. The topological polar surface area (TPSA) is 88.1 Å². The molecule has 33 heavy (non-hydrogen) atoms. The fraction of sp³-hybridized carbons (Fsp3) is 0.462. The maximum absolute atomic E-state index is 12.6. The van der Waals surface area contributed by atoms with Crippen LogP contribution < -0.4 is 5.32 Å². The van der Waals surface area contributed by atoms with E-state index in [1.165, 1.54) is 11.1 Å². The highest BCUT2D eigenvalue weighted by Crippen LogP contribution is 2.44. The predicted molar refractivity (Wildman–Crippen MR) is 125 cm³/mol. The van der Waals surface area contributed by atoms with Gasteiger partial charge >= 0.3 is 12.2 Å². The highest BCUT2D eigenvalue weighted by molar-refractivity contribution is 5.79. The number of nitrogens with zero attached hydrogens (tertiary/aromatic N) is 1. The Labute approximate surface area is 194 Å². The molecule has 0 bridgehead atoms. The number of hydrogen-bond donors (Lipinski definition) is 2. The monoisotopic (exact) mass is 452 g/mol. The number of hydrogen-bond acceptors (Lipinski definition) is 5. The summed E-state index contributed by atoms with van der Waals surface area (Å²) in [5.74, 6) is -0.294. The first-order chi connectivity index (χ1) is 15.8. The van der Waals surface area contributed by atoms with Crippen LogP contribution in [0.1, 0.15) is 44.2 Å². The number of benzene rings is 2. The third-order valence-corrected chi connectivity index (χ3v) is 6.27. The third kappa shape index (κ3) is 5.14. The number of rotatable bonds is 4. The van der Waals surface area contributed by atoms with Crippen LogP contribution >= 0.6 is 0 Å². The standard InChI is InChI=1S/C26H32N2O5/c1-26(2,3)33-25(31)28-13-12-23(17(14-28)15-29)27-24(30)32-16-22-20-10-6-4-8-18(20)19-9-5-7-11-21(19)22/h4-11,17,22-23,29H,12-16H2,1-3H3,(H,27,30). The summed E-state index contributed by atoms with van der Waals surface area (Å²) in [5.41, 5.74) is 4.09. The molecule has 1 heterocycles. The van der Waals surface area contributed by atoms with Gasteiger partial charge in [-0.05, 0) is 49.4 Å². The van der Waals surface area contributed by atoms with Crippen LogP contribution in [0.15, 0.2) is 48.5 Å². The molecule has 0 spiro atoms. The lowest BCUT2D eigenvalue weighted by Crippen LogP contribution is -2.54. The van der Waals surface area contributed by atoms with Crippen LogP contribution in [-0.4, -0.2) is 60.1 Å². The molecule has 0 aromatic heterocycles. The Morgan fingerprint density at radius 3 is 2.24 bits per heavy atom. The van der Waals surface area contributed by atoms with Crippen LogP contribution in [-0.2, 0) is 9.47 Å². The Balaban J connectivity index is 1.35. The van der Waals surface area contributed by atoms with Crippen molar-refractivity contribution in [2.45, 2.75) is 44.8 Å². The molecule has 2 amide bonds. The Morgan fingerprint density at radius 1 is 1.06 bits per heavy atom. The number of carbonyl (C=O) groups excluding carboxylic acids is 2. The van der Waals surface area contributed by atoms with Crippen LogP contribution in [0.4, 0.5) is 9.59 Å². The Kier molecular flexibility index (Phi) is 6.61. The summed E-state index contributed by atoms with van der Waals surface area (Å²) in [5, 5.41) is 12.8. The van der Waals surface area contributed by atoms with E-state index in [1.54, 1.807) is 4.90 Å². The van der Waals surface area contributed by atoms with Crippen LogP contribution in [0.2, 0.25) is 0 Å². The van der Waals surface area contributed by atoms with Gasteiger partial charge in [0.15, 0.2) is 0 Å². The lowest BCUT2D eigenvalue weighted by Gasteiger charge is -2.38. The number of amides is 2. The minimum atomic E-state index is -0.581. The molecule has 2 atom stereocenters. The zero-order chi connectivity index (χ0) is 23.6. The van der Waals surface area contributed by atoms with Gasteiger partial charge in [0.05, 0.1) is 0 Å². The Morgan fingerprint density at radius 2 is 1.67 bits per heavy atom. The summed E-state index contributed by atoms with van der Waals surface area (Å²) in [6, 6.07) is 16.1. The number of piperidine rings is 1. The first kappa shape index (κ1) is 23.1. The number of aliphatic hydroxyl groups excluding tert-OH is 1. The van der Waals surface area contributed by atoms with Gasteiger partial charge in [-0.3, -0.25) is 0 Å². The van der Waals surface area contributed by atoms with Crippen LogP contribution in [0, 0.1) is 5.92 Å². The maximum atomic E-state index is 12.6. The van der Waals surface area contributed by atoms with Gasteiger partial charge in [-0.1, -0.05) is 48.5 Å². The normalized spacial score (nSPS) is 20.1. The van der Waals surface area contributed by atoms with E-state index < -0.39 is 17.8 Å². The minimum Gasteiger partial charge on any atom is -0.449 e. The number of ether oxygens (including phenoxy) is 2. The lowest BCUT2D eigenvalue weighted by atomic mass is 9.93. The molecule has 4 rings (SSSR count). The van der Waals surface area contributed by atoms with Crippen LogP contribution in [0.5, 0.6) is 0 Å². The minimum absolute atomic E-state index is 0.00851. The molecule has 2 aliphatic rings. The number of fused-ring (bicyclic) bond motifs is 3. The average molecular weight is 453 g/mol.